The van der Waals surface area contributed by atoms with Crippen LogP contribution in [0, 0.1) is 5.92 Å². The summed E-state index contributed by atoms with van der Waals surface area (Å²) in [7, 11) is 0. The number of carboxylic acid groups (broad SMARTS) is 1. The molecule has 1 fully saturated rings. The minimum atomic E-state index is -0.757. The molecule has 0 spiro atoms. The fourth-order valence-corrected chi connectivity index (χ4v) is 3.27. The number of fused-ring (bicyclic) bond motifs is 1. The van der Waals surface area contributed by atoms with Crippen molar-refractivity contribution >= 4 is 5.97 Å². The van der Waals surface area contributed by atoms with Gasteiger partial charge in [-0.15, -0.1) is 0 Å². The summed E-state index contributed by atoms with van der Waals surface area (Å²) in [6.07, 6.45) is 4.85. The van der Waals surface area contributed by atoms with Gasteiger partial charge in [-0.2, -0.15) is 0 Å². The Labute approximate surface area is 112 Å². The van der Waals surface area contributed by atoms with E-state index in [2.05, 4.69) is 11.4 Å². The summed E-state index contributed by atoms with van der Waals surface area (Å²) >= 11 is 0. The zero-order valence-electron chi connectivity index (χ0n) is 10.9. The van der Waals surface area contributed by atoms with E-state index < -0.39 is 5.97 Å². The molecule has 102 valence electrons. The molecule has 2 aliphatic rings. The van der Waals surface area contributed by atoms with Crippen molar-refractivity contribution in [2.75, 3.05) is 6.54 Å². The number of aryl methyl sites for hydroxylation is 1. The number of carboxylic acids is 1. The molecule has 1 aliphatic carbocycles. The van der Waals surface area contributed by atoms with Crippen molar-refractivity contribution in [3.63, 3.8) is 0 Å². The highest BCUT2D eigenvalue weighted by molar-refractivity contribution is 5.71. The number of hydrogen-bond donors (Lipinski definition) is 3. The third-order valence-electron chi connectivity index (χ3n) is 4.39. The normalized spacial score (nSPS) is 26.1. The molecule has 0 saturated carbocycles. The second kappa shape index (κ2) is 4.85. The second-order valence-electron chi connectivity index (χ2n) is 5.58. The van der Waals surface area contributed by atoms with Crippen LogP contribution in [0.4, 0.5) is 0 Å². The summed E-state index contributed by atoms with van der Waals surface area (Å²) in [5, 5.41) is 22.7. The summed E-state index contributed by atoms with van der Waals surface area (Å²) < 4.78 is 0. The van der Waals surface area contributed by atoms with E-state index >= 15 is 0 Å². The number of hydrogen-bond acceptors (Lipinski definition) is 3. The van der Waals surface area contributed by atoms with Gasteiger partial charge in [0, 0.05) is 18.2 Å². The van der Waals surface area contributed by atoms with Gasteiger partial charge in [-0.1, -0.05) is 12.1 Å². The zero-order valence-corrected chi connectivity index (χ0v) is 10.9. The van der Waals surface area contributed by atoms with Gasteiger partial charge in [-0.3, -0.25) is 4.79 Å². The molecule has 1 heterocycles. The van der Waals surface area contributed by atoms with Crippen molar-refractivity contribution in [1.82, 2.24) is 5.32 Å². The fourth-order valence-electron chi connectivity index (χ4n) is 3.27. The topological polar surface area (TPSA) is 69.6 Å². The number of carbonyl (C=O) groups is 1. The molecule has 0 bridgehead atoms. The van der Waals surface area contributed by atoms with Crippen LogP contribution in [-0.2, 0) is 17.6 Å². The van der Waals surface area contributed by atoms with Crippen molar-refractivity contribution in [2.45, 2.75) is 38.1 Å². The van der Waals surface area contributed by atoms with Crippen LogP contribution in [0.5, 0.6) is 5.75 Å². The van der Waals surface area contributed by atoms with Crippen molar-refractivity contribution in [3.8, 4) is 5.75 Å². The lowest BCUT2D eigenvalue weighted by Gasteiger charge is -2.21. The number of phenols is 1. The monoisotopic (exact) mass is 261 g/mol. The number of aromatic hydroxyl groups is 1. The third-order valence-corrected chi connectivity index (χ3v) is 4.39. The molecule has 1 aliphatic heterocycles. The Hall–Kier alpha value is -1.55. The first-order chi connectivity index (χ1) is 9.16. The Bertz CT molecular complexity index is 512. The summed E-state index contributed by atoms with van der Waals surface area (Å²) in [5.41, 5.74) is 3.19. The highest BCUT2D eigenvalue weighted by Crippen LogP contribution is 2.38. The highest BCUT2D eigenvalue weighted by atomic mass is 16.4. The van der Waals surface area contributed by atoms with Crippen molar-refractivity contribution in [1.29, 1.82) is 0 Å². The lowest BCUT2D eigenvalue weighted by atomic mass is 9.87. The number of nitrogens with one attached hydrogen (secondary N) is 1. The van der Waals surface area contributed by atoms with Gasteiger partial charge in [0.2, 0.25) is 0 Å². The van der Waals surface area contributed by atoms with E-state index in [1.807, 2.05) is 6.07 Å². The largest absolute Gasteiger partial charge is 0.507 e. The first-order valence-corrected chi connectivity index (χ1v) is 6.96. The van der Waals surface area contributed by atoms with E-state index in [0.717, 1.165) is 30.4 Å². The Kier molecular flexibility index (Phi) is 3.19. The Balaban J connectivity index is 1.88. The number of phenolic OH excluding ortho intramolecular Hbond substituents is 1. The van der Waals surface area contributed by atoms with Gasteiger partial charge in [0.1, 0.15) is 5.75 Å². The first kappa shape index (κ1) is 12.5. The van der Waals surface area contributed by atoms with Crippen LogP contribution in [0.15, 0.2) is 12.1 Å². The molecule has 4 heteroatoms. The van der Waals surface area contributed by atoms with Crippen molar-refractivity contribution in [2.24, 2.45) is 5.92 Å². The molecule has 2 atom stereocenters. The average Bonchev–Trinajstić information content (AvgIpc) is 2.89. The third kappa shape index (κ3) is 2.21. The van der Waals surface area contributed by atoms with E-state index in [1.54, 1.807) is 0 Å². The molecule has 3 N–H and O–H groups in total. The van der Waals surface area contributed by atoms with E-state index in [4.69, 9.17) is 5.11 Å². The van der Waals surface area contributed by atoms with Gasteiger partial charge in [-0.25, -0.2) is 0 Å². The standard InChI is InChI=1S/C15H19NO3/c17-14-11-4-2-1-3-9(11)5-6-12(14)13-7-10(8-16-13)15(18)19/h5-6,10,13,16-17H,1-4,7-8H2,(H,18,19). The summed E-state index contributed by atoms with van der Waals surface area (Å²) in [6.45, 7) is 0.483. The van der Waals surface area contributed by atoms with Gasteiger partial charge in [0.15, 0.2) is 0 Å². The molecule has 3 rings (SSSR count). The average molecular weight is 261 g/mol. The number of benzene rings is 1. The van der Waals surface area contributed by atoms with E-state index in [9.17, 15) is 9.90 Å². The van der Waals surface area contributed by atoms with Gasteiger partial charge in [0.25, 0.3) is 0 Å². The summed E-state index contributed by atoms with van der Waals surface area (Å²) in [5.74, 6) is -0.714. The molecular formula is C15H19NO3. The quantitative estimate of drug-likeness (QED) is 0.761. The van der Waals surface area contributed by atoms with E-state index in [0.29, 0.717) is 18.7 Å². The Morgan fingerprint density at radius 2 is 2.05 bits per heavy atom. The summed E-state index contributed by atoms with van der Waals surface area (Å²) in [6, 6.07) is 4.02. The van der Waals surface area contributed by atoms with Crippen LogP contribution in [0.2, 0.25) is 0 Å². The molecule has 1 aromatic carbocycles. The van der Waals surface area contributed by atoms with Gasteiger partial charge < -0.3 is 15.5 Å². The maximum Gasteiger partial charge on any atom is 0.307 e. The first-order valence-electron chi connectivity index (χ1n) is 6.96. The van der Waals surface area contributed by atoms with Crippen molar-refractivity contribution < 1.29 is 15.0 Å². The molecule has 1 saturated heterocycles. The highest BCUT2D eigenvalue weighted by Gasteiger charge is 2.32. The summed E-state index contributed by atoms with van der Waals surface area (Å²) in [4.78, 5) is 11.0. The lowest BCUT2D eigenvalue weighted by molar-refractivity contribution is -0.141. The Morgan fingerprint density at radius 3 is 2.79 bits per heavy atom. The zero-order chi connectivity index (χ0) is 13.4. The fraction of sp³-hybridized carbons (Fsp3) is 0.533. The van der Waals surface area contributed by atoms with Gasteiger partial charge in [-0.05, 0) is 43.2 Å². The SMILES string of the molecule is O=C(O)C1CNC(c2ccc3c(c2O)CCCC3)C1. The lowest BCUT2D eigenvalue weighted by Crippen LogP contribution is -2.17. The van der Waals surface area contributed by atoms with Crippen LogP contribution in [0.25, 0.3) is 0 Å². The van der Waals surface area contributed by atoms with Crippen LogP contribution in [0.1, 0.15) is 42.0 Å². The second-order valence-corrected chi connectivity index (χ2v) is 5.58. The molecule has 0 aromatic heterocycles. The predicted molar refractivity (Wildman–Crippen MR) is 71.2 cm³/mol. The predicted octanol–water partition coefficient (Wildman–Crippen LogP) is 2.01. The van der Waals surface area contributed by atoms with E-state index in [1.165, 1.54) is 12.0 Å². The van der Waals surface area contributed by atoms with Crippen LogP contribution in [-0.4, -0.2) is 22.7 Å². The van der Waals surface area contributed by atoms with Crippen LogP contribution in [0.3, 0.4) is 0 Å². The van der Waals surface area contributed by atoms with Crippen molar-refractivity contribution in [3.05, 3.63) is 28.8 Å². The molecule has 19 heavy (non-hydrogen) atoms. The molecule has 2 unspecified atom stereocenters. The maximum atomic E-state index is 11.0. The van der Waals surface area contributed by atoms with E-state index in [-0.39, 0.29) is 12.0 Å². The van der Waals surface area contributed by atoms with Crippen LogP contribution >= 0.6 is 0 Å². The maximum absolute atomic E-state index is 11.0. The molecular weight excluding hydrogens is 242 g/mol. The smallest absolute Gasteiger partial charge is 0.307 e. The molecule has 1 aromatic rings. The Morgan fingerprint density at radius 1 is 1.26 bits per heavy atom. The number of rotatable bonds is 2. The van der Waals surface area contributed by atoms with Crippen LogP contribution < -0.4 is 5.32 Å². The van der Waals surface area contributed by atoms with Gasteiger partial charge in [0.05, 0.1) is 5.92 Å². The molecule has 0 radical (unpaired) electrons. The van der Waals surface area contributed by atoms with Gasteiger partial charge >= 0.3 is 5.97 Å². The minimum Gasteiger partial charge on any atom is -0.507 e. The minimum absolute atomic E-state index is 0.0340. The number of aliphatic carboxylic acids is 1. The molecule has 4 nitrogen and oxygen atoms in total. The molecule has 0 amide bonds.